The summed E-state index contributed by atoms with van der Waals surface area (Å²) < 4.78 is 7.05. The second-order valence-corrected chi connectivity index (χ2v) is 5.87. The molecule has 3 rings (SSSR count). The third-order valence-corrected chi connectivity index (χ3v) is 3.90. The van der Waals surface area contributed by atoms with Gasteiger partial charge < -0.3 is 9.64 Å². The molecule has 0 unspecified atom stereocenters. The van der Waals surface area contributed by atoms with E-state index >= 15 is 0 Å². The number of piperidine rings is 1. The second-order valence-electron chi connectivity index (χ2n) is 4.95. The molecule has 0 saturated carbocycles. The van der Waals surface area contributed by atoms with Gasteiger partial charge in [-0.15, -0.1) is 0 Å². The first-order chi connectivity index (χ1) is 9.22. The molecule has 3 heterocycles. The number of halogens is 1. The third-order valence-electron chi connectivity index (χ3n) is 3.47. The molecule has 0 bridgehead atoms. The Morgan fingerprint density at radius 3 is 2.89 bits per heavy atom. The molecule has 0 atom stereocenters. The Labute approximate surface area is 120 Å². The molecule has 1 aliphatic rings. The molecule has 2 aromatic rings. The van der Waals surface area contributed by atoms with E-state index in [0.29, 0.717) is 0 Å². The Bertz CT molecular complexity index is 582. The fourth-order valence-electron chi connectivity index (χ4n) is 2.36. The summed E-state index contributed by atoms with van der Waals surface area (Å²) in [6.07, 6.45) is 5.98. The van der Waals surface area contributed by atoms with Crippen molar-refractivity contribution in [1.82, 2.24) is 14.9 Å². The van der Waals surface area contributed by atoms with E-state index in [-0.39, 0.29) is 6.10 Å². The van der Waals surface area contributed by atoms with E-state index in [1.807, 2.05) is 12.1 Å². The van der Waals surface area contributed by atoms with Crippen LogP contribution in [0, 0.1) is 0 Å². The van der Waals surface area contributed by atoms with Crippen LogP contribution in [-0.2, 0) is 0 Å². The number of likely N-dealkylation sites (tertiary alicyclic amines) is 1. The maximum Gasteiger partial charge on any atom is 0.149 e. The highest BCUT2D eigenvalue weighted by Gasteiger charge is 2.19. The Morgan fingerprint density at radius 2 is 2.11 bits per heavy atom. The van der Waals surface area contributed by atoms with Crippen molar-refractivity contribution in [2.75, 3.05) is 20.1 Å². The van der Waals surface area contributed by atoms with Gasteiger partial charge in [0, 0.05) is 36.0 Å². The predicted octanol–water partition coefficient (Wildman–Crippen LogP) is 2.87. The van der Waals surface area contributed by atoms with Gasteiger partial charge in [-0.1, -0.05) is 0 Å². The second kappa shape index (κ2) is 5.43. The first kappa shape index (κ1) is 12.8. The van der Waals surface area contributed by atoms with E-state index in [0.717, 1.165) is 47.2 Å². The number of nitrogens with zero attached hydrogens (tertiary/aromatic N) is 3. The molecule has 2 aromatic heterocycles. The molecule has 5 heteroatoms. The lowest BCUT2D eigenvalue weighted by atomic mass is 10.1. The first-order valence-electron chi connectivity index (χ1n) is 6.48. The van der Waals surface area contributed by atoms with Gasteiger partial charge in [-0.05, 0) is 41.9 Å². The van der Waals surface area contributed by atoms with Gasteiger partial charge in [-0.2, -0.15) is 0 Å². The minimum atomic E-state index is 0.284. The van der Waals surface area contributed by atoms with Gasteiger partial charge in [0.1, 0.15) is 17.4 Å². The monoisotopic (exact) mass is 321 g/mol. The molecule has 0 radical (unpaired) electrons. The fraction of sp³-hybridized carbons (Fsp3) is 0.429. The van der Waals surface area contributed by atoms with E-state index in [1.165, 1.54) is 0 Å². The Hall–Kier alpha value is -1.20. The van der Waals surface area contributed by atoms with Crippen molar-refractivity contribution in [1.29, 1.82) is 0 Å². The lowest BCUT2D eigenvalue weighted by Gasteiger charge is -2.29. The average Bonchev–Trinajstić information content (AvgIpc) is 2.41. The Kier molecular flexibility index (Phi) is 3.66. The number of pyridine rings is 2. The van der Waals surface area contributed by atoms with Crippen LogP contribution in [0.5, 0.6) is 5.75 Å². The number of hydrogen-bond acceptors (Lipinski definition) is 4. The highest BCUT2D eigenvalue weighted by molar-refractivity contribution is 9.10. The summed E-state index contributed by atoms with van der Waals surface area (Å²) in [7, 11) is 2.15. The van der Waals surface area contributed by atoms with Crippen molar-refractivity contribution in [3.63, 3.8) is 0 Å². The van der Waals surface area contributed by atoms with Crippen LogP contribution in [0.3, 0.4) is 0 Å². The Balaban J connectivity index is 1.84. The van der Waals surface area contributed by atoms with Gasteiger partial charge in [0.2, 0.25) is 0 Å². The first-order valence-corrected chi connectivity index (χ1v) is 7.27. The van der Waals surface area contributed by atoms with E-state index < -0.39 is 0 Å². The van der Waals surface area contributed by atoms with Crippen LogP contribution >= 0.6 is 15.9 Å². The van der Waals surface area contributed by atoms with Gasteiger partial charge in [-0.25, -0.2) is 4.98 Å². The van der Waals surface area contributed by atoms with Crippen molar-refractivity contribution >= 4 is 27.0 Å². The summed E-state index contributed by atoms with van der Waals surface area (Å²) in [5.74, 6) is 0.840. The average molecular weight is 322 g/mol. The standard InChI is InChI=1S/C14H16BrN3O/c1-18-6-3-11(4-7-18)19-13-2-5-16-12-8-10(15)9-17-14(12)13/h2,5,8-9,11H,3-4,6-7H2,1H3. The smallest absolute Gasteiger partial charge is 0.149 e. The zero-order chi connectivity index (χ0) is 13.2. The quantitative estimate of drug-likeness (QED) is 0.852. The van der Waals surface area contributed by atoms with E-state index in [4.69, 9.17) is 4.74 Å². The minimum Gasteiger partial charge on any atom is -0.488 e. The van der Waals surface area contributed by atoms with Crippen molar-refractivity contribution in [3.05, 3.63) is 29.0 Å². The summed E-state index contributed by atoms with van der Waals surface area (Å²) in [6, 6.07) is 3.87. The van der Waals surface area contributed by atoms with Crippen LogP contribution in [0.15, 0.2) is 29.0 Å². The topological polar surface area (TPSA) is 38.2 Å². The van der Waals surface area contributed by atoms with Crippen molar-refractivity contribution in [2.24, 2.45) is 0 Å². The number of ether oxygens (including phenoxy) is 1. The number of hydrogen-bond donors (Lipinski definition) is 0. The zero-order valence-corrected chi connectivity index (χ0v) is 12.4. The maximum atomic E-state index is 6.11. The molecule has 1 aliphatic heterocycles. The summed E-state index contributed by atoms with van der Waals surface area (Å²) in [5.41, 5.74) is 1.70. The normalized spacial score (nSPS) is 17.8. The number of aromatic nitrogens is 2. The number of rotatable bonds is 2. The Morgan fingerprint density at radius 1 is 1.32 bits per heavy atom. The SMILES string of the molecule is CN1CCC(Oc2ccnc3cc(Br)cnc23)CC1. The van der Waals surface area contributed by atoms with E-state index in [1.54, 1.807) is 12.4 Å². The molecule has 0 N–H and O–H groups in total. The molecule has 0 spiro atoms. The minimum absolute atomic E-state index is 0.284. The van der Waals surface area contributed by atoms with Crippen molar-refractivity contribution < 1.29 is 4.74 Å². The van der Waals surface area contributed by atoms with Gasteiger partial charge in [-0.3, -0.25) is 4.98 Å². The highest BCUT2D eigenvalue weighted by atomic mass is 79.9. The fourth-order valence-corrected chi connectivity index (χ4v) is 2.68. The van der Waals surface area contributed by atoms with Gasteiger partial charge in [0.05, 0.1) is 5.52 Å². The zero-order valence-electron chi connectivity index (χ0n) is 10.8. The van der Waals surface area contributed by atoms with Crippen LogP contribution in [0.1, 0.15) is 12.8 Å². The van der Waals surface area contributed by atoms with Crippen LogP contribution in [0.2, 0.25) is 0 Å². The largest absolute Gasteiger partial charge is 0.488 e. The van der Waals surface area contributed by atoms with Crippen LogP contribution in [0.4, 0.5) is 0 Å². The maximum absolute atomic E-state index is 6.11. The molecule has 4 nitrogen and oxygen atoms in total. The summed E-state index contributed by atoms with van der Waals surface area (Å²) >= 11 is 3.41. The lowest BCUT2D eigenvalue weighted by Crippen LogP contribution is -2.35. The van der Waals surface area contributed by atoms with Crippen LogP contribution in [-0.4, -0.2) is 41.1 Å². The van der Waals surface area contributed by atoms with Gasteiger partial charge in [0.15, 0.2) is 0 Å². The number of fused-ring (bicyclic) bond motifs is 1. The summed E-state index contributed by atoms with van der Waals surface area (Å²) in [4.78, 5) is 11.1. The molecule has 0 amide bonds. The predicted molar refractivity (Wildman–Crippen MR) is 78.4 cm³/mol. The molecule has 0 aromatic carbocycles. The molecular formula is C14H16BrN3O. The highest BCUT2D eigenvalue weighted by Crippen LogP contribution is 2.26. The lowest BCUT2D eigenvalue weighted by molar-refractivity contribution is 0.115. The summed E-state index contributed by atoms with van der Waals surface area (Å²) in [5, 5.41) is 0. The third kappa shape index (κ3) is 2.87. The molecular weight excluding hydrogens is 306 g/mol. The molecule has 100 valence electrons. The van der Waals surface area contributed by atoms with E-state index in [2.05, 4.69) is 37.8 Å². The van der Waals surface area contributed by atoms with Crippen LogP contribution in [0.25, 0.3) is 11.0 Å². The summed E-state index contributed by atoms with van der Waals surface area (Å²) in [6.45, 7) is 2.18. The molecule has 0 aliphatic carbocycles. The molecule has 1 fully saturated rings. The van der Waals surface area contributed by atoms with Gasteiger partial charge >= 0.3 is 0 Å². The molecule has 19 heavy (non-hydrogen) atoms. The van der Waals surface area contributed by atoms with Crippen molar-refractivity contribution in [2.45, 2.75) is 18.9 Å². The van der Waals surface area contributed by atoms with Crippen LogP contribution < -0.4 is 4.74 Å². The van der Waals surface area contributed by atoms with Gasteiger partial charge in [0.25, 0.3) is 0 Å². The molecule has 1 saturated heterocycles. The van der Waals surface area contributed by atoms with Crippen molar-refractivity contribution in [3.8, 4) is 5.75 Å². The van der Waals surface area contributed by atoms with E-state index in [9.17, 15) is 0 Å².